The van der Waals surface area contributed by atoms with E-state index >= 15 is 0 Å². The number of nitrogens with one attached hydrogen (secondary N) is 1. The minimum atomic E-state index is -0.419. The molecule has 3 aromatic rings. The van der Waals surface area contributed by atoms with Crippen molar-refractivity contribution >= 4 is 28.1 Å². The first kappa shape index (κ1) is 26.5. The van der Waals surface area contributed by atoms with Crippen LogP contribution >= 0.6 is 0 Å². The third-order valence-corrected chi connectivity index (χ3v) is 6.26. The van der Waals surface area contributed by atoms with E-state index in [0.717, 1.165) is 25.2 Å². The van der Waals surface area contributed by atoms with E-state index in [4.69, 9.17) is 14.2 Å². The summed E-state index contributed by atoms with van der Waals surface area (Å²) < 4.78 is 18.8. The van der Waals surface area contributed by atoms with Crippen LogP contribution in [-0.4, -0.2) is 55.2 Å². The Morgan fingerprint density at radius 2 is 1.73 bits per heavy atom. The van der Waals surface area contributed by atoms with E-state index < -0.39 is 5.91 Å². The smallest absolute Gasteiger partial charge is 0.276 e. The van der Waals surface area contributed by atoms with Gasteiger partial charge in [-0.1, -0.05) is 32.0 Å². The van der Waals surface area contributed by atoms with Crippen molar-refractivity contribution in [2.45, 2.75) is 40.7 Å². The van der Waals surface area contributed by atoms with Gasteiger partial charge in [0.05, 0.1) is 43.2 Å². The Kier molecular flexibility index (Phi) is 8.66. The van der Waals surface area contributed by atoms with Crippen molar-refractivity contribution in [2.24, 2.45) is 5.92 Å². The molecule has 0 spiro atoms. The maximum Gasteiger partial charge on any atom is 0.276 e. The van der Waals surface area contributed by atoms with Crippen LogP contribution in [0.4, 0.5) is 11.4 Å². The van der Waals surface area contributed by atoms with Crippen molar-refractivity contribution in [1.29, 1.82) is 0 Å². The average Bonchev–Trinajstić information content (AvgIpc) is 2.90. The molecule has 4 rings (SSSR count). The van der Waals surface area contributed by atoms with Gasteiger partial charge in [0.1, 0.15) is 11.5 Å². The topological polar surface area (TPSA) is 94.9 Å². The zero-order valence-corrected chi connectivity index (χ0v) is 22.1. The van der Waals surface area contributed by atoms with Gasteiger partial charge in [0.2, 0.25) is 0 Å². The van der Waals surface area contributed by atoms with Crippen LogP contribution in [0, 0.1) is 5.92 Å². The number of rotatable bonds is 10. The number of carbonyl (C=O) groups is 1. The minimum absolute atomic E-state index is 0.191. The molecule has 9 heteroatoms. The number of amides is 1. The number of anilines is 2. The van der Waals surface area contributed by atoms with Gasteiger partial charge in [0, 0.05) is 37.2 Å². The number of nitrogens with zero attached hydrogens (tertiary/aromatic N) is 3. The molecular weight excluding hydrogens is 472 g/mol. The van der Waals surface area contributed by atoms with Crippen molar-refractivity contribution < 1.29 is 19.0 Å². The second-order valence-corrected chi connectivity index (χ2v) is 9.34. The van der Waals surface area contributed by atoms with E-state index in [1.807, 2.05) is 19.9 Å². The number of aryl methyl sites for hydroxylation is 1. The monoisotopic (exact) mass is 508 g/mol. The van der Waals surface area contributed by atoms with Gasteiger partial charge < -0.3 is 24.4 Å². The summed E-state index contributed by atoms with van der Waals surface area (Å²) in [5, 5.41) is 8.45. The predicted octanol–water partition coefficient (Wildman–Crippen LogP) is 4.33. The molecule has 37 heavy (non-hydrogen) atoms. The number of carbonyl (C=O) groups excluding carboxylic acids is 1. The van der Waals surface area contributed by atoms with E-state index in [9.17, 15) is 9.59 Å². The highest BCUT2D eigenvalue weighted by Crippen LogP contribution is 2.39. The first-order valence-electron chi connectivity index (χ1n) is 13.0. The van der Waals surface area contributed by atoms with Crippen molar-refractivity contribution in [1.82, 2.24) is 9.78 Å². The van der Waals surface area contributed by atoms with Gasteiger partial charge in [0.15, 0.2) is 5.69 Å². The fourth-order valence-electron chi connectivity index (χ4n) is 4.36. The van der Waals surface area contributed by atoms with Crippen molar-refractivity contribution in [3.63, 3.8) is 0 Å². The number of ether oxygens (including phenoxy) is 3. The minimum Gasteiger partial charge on any atom is -0.492 e. The lowest BCUT2D eigenvalue weighted by atomic mass is 10.1. The lowest BCUT2D eigenvalue weighted by Gasteiger charge is -2.31. The molecule has 1 aromatic heterocycles. The predicted molar refractivity (Wildman–Crippen MR) is 145 cm³/mol. The Hall–Kier alpha value is -3.59. The zero-order chi connectivity index (χ0) is 26.4. The summed E-state index contributed by atoms with van der Waals surface area (Å²) in [6.07, 6.45) is 0.779. The highest BCUT2D eigenvalue weighted by Gasteiger charge is 2.23. The highest BCUT2D eigenvalue weighted by molar-refractivity contribution is 6.11. The summed E-state index contributed by atoms with van der Waals surface area (Å²) in [7, 11) is 0. The lowest BCUT2D eigenvalue weighted by molar-refractivity contribution is 0.102. The number of hydrogen-bond donors (Lipinski definition) is 1. The summed E-state index contributed by atoms with van der Waals surface area (Å²) in [6, 6.07) is 10.8. The van der Waals surface area contributed by atoms with E-state index in [1.165, 1.54) is 4.68 Å². The molecule has 9 nitrogen and oxygen atoms in total. The summed E-state index contributed by atoms with van der Waals surface area (Å²) in [5.74, 6) is 1.17. The van der Waals surface area contributed by atoms with Crippen LogP contribution in [0.15, 0.2) is 41.2 Å². The van der Waals surface area contributed by atoms with Crippen molar-refractivity contribution in [2.75, 3.05) is 49.7 Å². The summed E-state index contributed by atoms with van der Waals surface area (Å²) in [6.45, 7) is 12.1. The second-order valence-electron chi connectivity index (χ2n) is 9.34. The number of benzene rings is 2. The summed E-state index contributed by atoms with van der Waals surface area (Å²) >= 11 is 0. The third kappa shape index (κ3) is 6.05. The molecule has 2 heterocycles. The Bertz CT molecular complexity index is 1300. The molecule has 0 radical (unpaired) electrons. The van der Waals surface area contributed by atoms with Gasteiger partial charge in [-0.25, -0.2) is 4.68 Å². The van der Waals surface area contributed by atoms with E-state index in [2.05, 4.69) is 29.2 Å². The molecule has 0 bridgehead atoms. The Morgan fingerprint density at radius 1 is 1.05 bits per heavy atom. The number of fused-ring (bicyclic) bond motifs is 1. The Morgan fingerprint density at radius 3 is 2.41 bits per heavy atom. The van der Waals surface area contributed by atoms with Crippen LogP contribution in [0.5, 0.6) is 11.5 Å². The van der Waals surface area contributed by atoms with Crippen LogP contribution in [0.1, 0.15) is 44.6 Å². The van der Waals surface area contributed by atoms with Crippen LogP contribution in [0.2, 0.25) is 0 Å². The molecule has 0 saturated carbocycles. The van der Waals surface area contributed by atoms with Crippen LogP contribution in [0.25, 0.3) is 10.8 Å². The molecule has 0 unspecified atom stereocenters. The van der Waals surface area contributed by atoms with Gasteiger partial charge in [0.25, 0.3) is 11.5 Å². The lowest BCUT2D eigenvalue weighted by Crippen LogP contribution is -2.36. The van der Waals surface area contributed by atoms with Gasteiger partial charge in [-0.15, -0.1) is 0 Å². The van der Waals surface area contributed by atoms with Crippen LogP contribution < -0.4 is 25.2 Å². The van der Waals surface area contributed by atoms with Crippen LogP contribution in [-0.2, 0) is 11.3 Å². The molecule has 1 aliphatic rings. The molecule has 0 atom stereocenters. The van der Waals surface area contributed by atoms with E-state index in [0.29, 0.717) is 66.8 Å². The molecule has 0 aliphatic carbocycles. The molecular formula is C28H36N4O5. The second kappa shape index (κ2) is 12.1. The maximum absolute atomic E-state index is 13.6. The fraction of sp³-hybridized carbons (Fsp3) is 0.464. The molecule has 198 valence electrons. The largest absolute Gasteiger partial charge is 0.492 e. The standard InChI is InChI=1S/C28H36N4O5/c1-5-36-24-18-23(31-13-15-35-16-14-31)25(37-6-2)17-22(24)29-27(33)26-20-9-7-8-10-21(20)28(34)32(30-26)12-11-19(3)4/h7-10,17-19H,5-6,11-16H2,1-4H3,(H,29,33). The Labute approximate surface area is 217 Å². The van der Waals surface area contributed by atoms with Crippen LogP contribution in [0.3, 0.4) is 0 Å². The quantitative estimate of drug-likeness (QED) is 0.436. The summed E-state index contributed by atoms with van der Waals surface area (Å²) in [5.41, 5.74) is 1.38. The molecule has 1 N–H and O–H groups in total. The first-order valence-corrected chi connectivity index (χ1v) is 13.0. The fourth-order valence-corrected chi connectivity index (χ4v) is 4.36. The highest BCUT2D eigenvalue weighted by atomic mass is 16.5. The number of morpholine rings is 1. The SMILES string of the molecule is CCOc1cc(N2CCOCC2)c(OCC)cc1NC(=O)c1nn(CCC(C)C)c(=O)c2ccccc12. The van der Waals surface area contributed by atoms with E-state index in [1.54, 1.807) is 30.3 Å². The average molecular weight is 509 g/mol. The van der Waals surface area contributed by atoms with Gasteiger partial charge in [-0.3, -0.25) is 9.59 Å². The molecule has 2 aromatic carbocycles. The van der Waals surface area contributed by atoms with Gasteiger partial charge >= 0.3 is 0 Å². The third-order valence-electron chi connectivity index (χ3n) is 6.26. The Balaban J connectivity index is 1.74. The van der Waals surface area contributed by atoms with Gasteiger partial charge in [-0.05, 0) is 32.3 Å². The zero-order valence-electron chi connectivity index (χ0n) is 22.1. The van der Waals surface area contributed by atoms with E-state index in [-0.39, 0.29) is 11.3 Å². The first-order chi connectivity index (χ1) is 17.9. The van der Waals surface area contributed by atoms with Crippen molar-refractivity contribution in [3.8, 4) is 11.5 Å². The molecule has 1 saturated heterocycles. The number of hydrogen-bond acceptors (Lipinski definition) is 7. The van der Waals surface area contributed by atoms with Gasteiger partial charge in [-0.2, -0.15) is 5.10 Å². The summed E-state index contributed by atoms with van der Waals surface area (Å²) in [4.78, 5) is 28.9. The van der Waals surface area contributed by atoms with Crippen molar-refractivity contribution in [3.05, 3.63) is 52.4 Å². The number of aromatic nitrogens is 2. The molecule has 1 fully saturated rings. The maximum atomic E-state index is 13.6. The molecule has 1 aliphatic heterocycles. The normalized spacial score (nSPS) is 13.7. The molecule has 1 amide bonds.